The van der Waals surface area contributed by atoms with Crippen molar-refractivity contribution in [3.63, 3.8) is 0 Å². The number of thiocarbonyl (C=S) groups is 1. The minimum atomic E-state index is -0.255. The molecule has 0 fully saturated rings. The smallest absolute Gasteiger partial charge is 0.341 e. The first kappa shape index (κ1) is 20.8. The molecule has 2 aromatic rings. The molecule has 8 heteroatoms. The molecule has 6 nitrogen and oxygen atoms in total. The number of thiophene rings is 1. The number of fused-ring (bicyclic) bond motifs is 1. The van der Waals surface area contributed by atoms with Gasteiger partial charge in [-0.2, -0.15) is 5.10 Å². The Hall–Kier alpha value is -1.93. The van der Waals surface area contributed by atoms with Crippen LogP contribution in [0.1, 0.15) is 58.7 Å². The van der Waals surface area contributed by atoms with Crippen LogP contribution in [0.25, 0.3) is 0 Å². The molecular formula is C20H28N4O2S2. The molecule has 152 valence electrons. The van der Waals surface area contributed by atoms with E-state index in [9.17, 15) is 4.79 Å². The van der Waals surface area contributed by atoms with Crippen molar-refractivity contribution in [2.45, 2.75) is 59.5 Å². The summed E-state index contributed by atoms with van der Waals surface area (Å²) < 4.78 is 7.25. The topological polar surface area (TPSA) is 59.4 Å². The van der Waals surface area contributed by atoms with Gasteiger partial charge < -0.3 is 15.0 Å². The Morgan fingerprint density at radius 3 is 2.82 bits per heavy atom. The summed E-state index contributed by atoms with van der Waals surface area (Å²) in [5, 5.41) is 9.21. The minimum absolute atomic E-state index is 0.255. The summed E-state index contributed by atoms with van der Waals surface area (Å²) in [5.41, 5.74) is 3.97. The van der Waals surface area contributed by atoms with Gasteiger partial charge >= 0.3 is 5.97 Å². The van der Waals surface area contributed by atoms with E-state index in [0.29, 0.717) is 23.8 Å². The van der Waals surface area contributed by atoms with E-state index in [1.54, 1.807) is 11.3 Å². The summed E-state index contributed by atoms with van der Waals surface area (Å²) in [6, 6.07) is 0. The van der Waals surface area contributed by atoms with E-state index in [2.05, 4.69) is 23.5 Å². The zero-order valence-electron chi connectivity index (χ0n) is 17.0. The maximum absolute atomic E-state index is 12.6. The monoisotopic (exact) mass is 420 g/mol. The van der Waals surface area contributed by atoms with Crippen LogP contribution in [0.4, 0.5) is 5.00 Å². The molecule has 0 saturated carbocycles. The van der Waals surface area contributed by atoms with Crippen molar-refractivity contribution in [2.24, 2.45) is 0 Å². The molecule has 0 radical (unpaired) electrons. The van der Waals surface area contributed by atoms with Gasteiger partial charge in [-0.3, -0.25) is 4.68 Å². The zero-order valence-corrected chi connectivity index (χ0v) is 18.6. The molecule has 1 aliphatic rings. The first-order valence-corrected chi connectivity index (χ1v) is 11.0. The lowest BCUT2D eigenvalue weighted by molar-refractivity contribution is 0.0526. The van der Waals surface area contributed by atoms with E-state index in [0.717, 1.165) is 47.6 Å². The number of carbonyl (C=O) groups excluding carboxylic acids is 1. The normalized spacial score (nSPS) is 13.1. The third-order valence-electron chi connectivity index (χ3n) is 5.00. The van der Waals surface area contributed by atoms with Crippen LogP contribution in [0.15, 0.2) is 6.20 Å². The van der Waals surface area contributed by atoms with Crippen molar-refractivity contribution in [1.29, 1.82) is 0 Å². The van der Waals surface area contributed by atoms with Crippen molar-refractivity contribution in [2.75, 3.05) is 19.0 Å². The first-order chi connectivity index (χ1) is 13.4. The molecule has 28 heavy (non-hydrogen) atoms. The molecule has 2 aromatic heterocycles. The summed E-state index contributed by atoms with van der Waals surface area (Å²) >= 11 is 7.27. The number of hydrogen-bond acceptors (Lipinski definition) is 5. The molecule has 0 unspecified atom stereocenters. The van der Waals surface area contributed by atoms with Gasteiger partial charge in [0.1, 0.15) is 5.00 Å². The van der Waals surface area contributed by atoms with Crippen LogP contribution < -0.4 is 5.32 Å². The van der Waals surface area contributed by atoms with E-state index in [4.69, 9.17) is 17.0 Å². The fourth-order valence-corrected chi connectivity index (χ4v) is 4.98. The second kappa shape index (κ2) is 9.05. The fourth-order valence-electron chi connectivity index (χ4n) is 3.47. The Bertz CT molecular complexity index is 872. The molecule has 0 saturated heterocycles. The summed E-state index contributed by atoms with van der Waals surface area (Å²) in [5.74, 6) is -0.255. The zero-order chi connectivity index (χ0) is 20.3. The quantitative estimate of drug-likeness (QED) is 0.559. The van der Waals surface area contributed by atoms with Crippen LogP contribution in [-0.4, -0.2) is 39.4 Å². The third-order valence-corrected chi connectivity index (χ3v) is 6.62. The van der Waals surface area contributed by atoms with Crippen molar-refractivity contribution in [3.8, 4) is 0 Å². The highest BCUT2D eigenvalue weighted by molar-refractivity contribution is 7.80. The molecule has 3 rings (SSSR count). The van der Waals surface area contributed by atoms with Crippen LogP contribution >= 0.6 is 23.6 Å². The lowest BCUT2D eigenvalue weighted by Crippen LogP contribution is -2.31. The van der Waals surface area contributed by atoms with Crippen molar-refractivity contribution in [3.05, 3.63) is 33.5 Å². The third kappa shape index (κ3) is 4.38. The second-order valence-electron chi connectivity index (χ2n) is 7.02. The Morgan fingerprint density at radius 1 is 1.39 bits per heavy atom. The summed E-state index contributed by atoms with van der Waals surface area (Å²) in [6.45, 7) is 7.79. The maximum Gasteiger partial charge on any atom is 0.341 e. The van der Waals surface area contributed by atoms with E-state index >= 15 is 0 Å². The Labute approximate surface area is 175 Å². The van der Waals surface area contributed by atoms with Gasteiger partial charge in [0.25, 0.3) is 0 Å². The maximum atomic E-state index is 12.6. The van der Waals surface area contributed by atoms with Gasteiger partial charge in [0.05, 0.1) is 17.9 Å². The molecule has 0 aliphatic heterocycles. The molecule has 1 N–H and O–H groups in total. The van der Waals surface area contributed by atoms with Crippen molar-refractivity contribution >= 4 is 39.6 Å². The second-order valence-corrected chi connectivity index (χ2v) is 8.51. The first-order valence-electron chi connectivity index (χ1n) is 9.81. The van der Waals surface area contributed by atoms with Crippen LogP contribution in [-0.2, 0) is 30.7 Å². The Kier molecular flexibility index (Phi) is 6.72. The molecule has 2 heterocycles. The summed E-state index contributed by atoms with van der Waals surface area (Å²) in [4.78, 5) is 15.9. The van der Waals surface area contributed by atoms with E-state index in [1.165, 1.54) is 11.3 Å². The number of aryl methyl sites for hydroxylation is 3. The molecule has 0 bridgehead atoms. The van der Waals surface area contributed by atoms with Crippen molar-refractivity contribution in [1.82, 2.24) is 14.7 Å². The van der Waals surface area contributed by atoms with Gasteiger partial charge in [-0.15, -0.1) is 11.3 Å². The van der Waals surface area contributed by atoms with Gasteiger partial charge in [-0.25, -0.2) is 4.79 Å². The molecule has 0 amide bonds. The van der Waals surface area contributed by atoms with E-state index in [-0.39, 0.29) is 5.97 Å². The van der Waals surface area contributed by atoms with Crippen LogP contribution in [0.2, 0.25) is 0 Å². The predicted molar refractivity (Wildman–Crippen MR) is 117 cm³/mol. The minimum Gasteiger partial charge on any atom is -0.462 e. The number of nitrogens with zero attached hydrogens (tertiary/aromatic N) is 3. The average molecular weight is 421 g/mol. The number of rotatable bonds is 6. The fraction of sp³-hybridized carbons (Fsp3) is 0.550. The van der Waals surface area contributed by atoms with Crippen LogP contribution in [0.5, 0.6) is 0 Å². The van der Waals surface area contributed by atoms with E-state index in [1.807, 2.05) is 30.5 Å². The Morgan fingerprint density at radius 2 is 2.14 bits per heavy atom. The van der Waals surface area contributed by atoms with E-state index < -0.39 is 0 Å². The summed E-state index contributed by atoms with van der Waals surface area (Å²) in [6.07, 6.45) is 6.29. The van der Waals surface area contributed by atoms with Gasteiger partial charge in [0, 0.05) is 36.8 Å². The van der Waals surface area contributed by atoms with Crippen LogP contribution in [0.3, 0.4) is 0 Å². The highest BCUT2D eigenvalue weighted by atomic mass is 32.1. The van der Waals surface area contributed by atoms with Crippen molar-refractivity contribution < 1.29 is 9.53 Å². The molecule has 0 spiro atoms. The molecule has 0 aromatic carbocycles. The van der Waals surface area contributed by atoms with Crippen LogP contribution in [0, 0.1) is 6.92 Å². The number of ether oxygens (including phenoxy) is 1. The number of aromatic nitrogens is 2. The largest absolute Gasteiger partial charge is 0.462 e. The Balaban J connectivity index is 1.78. The lowest BCUT2D eigenvalue weighted by Gasteiger charge is -2.20. The summed E-state index contributed by atoms with van der Waals surface area (Å²) in [7, 11) is 1.95. The molecule has 0 atom stereocenters. The number of hydrogen-bond donors (Lipinski definition) is 1. The standard InChI is InChI=1S/C20H28N4O2S2/c1-5-24-12-14(13(3)22-24)11-23(4)20(27)21-18-17(19(25)26-6-2)15-9-7-8-10-16(15)28-18/h12H,5-11H2,1-4H3,(H,21,27). The van der Waals surface area contributed by atoms with Gasteiger partial charge in [0.15, 0.2) is 5.11 Å². The number of carbonyl (C=O) groups is 1. The van der Waals surface area contributed by atoms with Gasteiger partial charge in [0.2, 0.25) is 0 Å². The molecular weight excluding hydrogens is 392 g/mol. The van der Waals surface area contributed by atoms with Gasteiger partial charge in [-0.1, -0.05) is 0 Å². The highest BCUT2D eigenvalue weighted by Gasteiger charge is 2.27. The number of nitrogens with one attached hydrogen (secondary N) is 1. The number of anilines is 1. The molecule has 1 aliphatic carbocycles. The SMILES string of the molecule is CCOC(=O)c1c(NC(=S)N(C)Cc2cn(CC)nc2C)sc2c1CCCC2. The predicted octanol–water partition coefficient (Wildman–Crippen LogP) is 4.16. The average Bonchev–Trinajstić information content (AvgIpc) is 3.21. The lowest BCUT2D eigenvalue weighted by atomic mass is 9.95. The van der Waals surface area contributed by atoms with Gasteiger partial charge in [-0.05, 0) is 64.2 Å². The highest BCUT2D eigenvalue weighted by Crippen LogP contribution is 2.38. The number of esters is 1.